The van der Waals surface area contributed by atoms with Gasteiger partial charge in [0.2, 0.25) is 0 Å². The summed E-state index contributed by atoms with van der Waals surface area (Å²) in [6, 6.07) is 0. The fourth-order valence-electron chi connectivity index (χ4n) is 17.2. The summed E-state index contributed by atoms with van der Waals surface area (Å²) in [6.07, 6.45) is -30.9. The lowest BCUT2D eigenvalue weighted by atomic mass is 9.35. The minimum atomic E-state index is -1.88. The fraction of sp³-hybridized carbons (Fsp3) is 0.966. The molecule has 9 rings (SSSR count). The van der Waals surface area contributed by atoms with E-state index < -0.39 is 196 Å². The SMILES string of the molecule is CC(C)=CCCC(C)(OC1OC(COC2OCC(O)C(O)C2O)C(O)C(O)C1O)C1CCC2(C)C1C(O)CC1C3(C)CCC(OC4OC(CO)C(O)C(O)C4OC4OC(CO)C(O)C(O)C4OC4OCC(O)C(O)C4O)C(C)(C)C3CCC12C. The van der Waals surface area contributed by atoms with Crippen molar-refractivity contribution in [3.63, 3.8) is 0 Å². The van der Waals surface area contributed by atoms with Crippen molar-refractivity contribution in [1.82, 2.24) is 0 Å². The number of allylic oxidation sites excluding steroid dienone is 2. The molecule has 0 amide bonds. The van der Waals surface area contributed by atoms with Crippen molar-refractivity contribution in [2.45, 2.75) is 272 Å². The van der Waals surface area contributed by atoms with E-state index in [1.807, 2.05) is 20.8 Å². The van der Waals surface area contributed by atoms with Gasteiger partial charge in [0.1, 0.15) is 110 Å². The molecule has 0 spiro atoms. The average Bonchev–Trinajstić information content (AvgIpc) is 1.22. The molecule has 9 aliphatic rings. The molecule has 0 aromatic rings. The predicted molar refractivity (Wildman–Crippen MR) is 287 cm³/mol. The highest BCUT2D eigenvalue weighted by atomic mass is 16.8. The van der Waals surface area contributed by atoms with Gasteiger partial charge in [-0.2, -0.15) is 0 Å². The summed E-state index contributed by atoms with van der Waals surface area (Å²) in [5, 5.41) is 175. The molecular formula is C58H98O26. The Bertz CT molecular complexity index is 2210. The van der Waals surface area contributed by atoms with Crippen molar-refractivity contribution < 1.29 is 129 Å². The van der Waals surface area contributed by atoms with Crippen LogP contribution in [0, 0.1) is 45.3 Å². The van der Waals surface area contributed by atoms with Crippen molar-refractivity contribution >= 4 is 0 Å². The maximum Gasteiger partial charge on any atom is 0.187 e. The molecule has 33 unspecified atom stereocenters. The highest BCUT2D eigenvalue weighted by Crippen LogP contribution is 2.76. The third kappa shape index (κ3) is 12.0. The van der Waals surface area contributed by atoms with Gasteiger partial charge in [-0.1, -0.05) is 46.3 Å². The predicted octanol–water partition coefficient (Wildman–Crippen LogP) is -3.10. The van der Waals surface area contributed by atoms with Crippen LogP contribution >= 0.6 is 0 Å². The lowest BCUT2D eigenvalue weighted by Crippen LogP contribution is -2.68. The van der Waals surface area contributed by atoms with E-state index in [-0.39, 0.29) is 41.1 Å². The minimum Gasteiger partial charge on any atom is -0.394 e. The summed E-state index contributed by atoms with van der Waals surface area (Å²) < 4.78 is 60.9. The van der Waals surface area contributed by atoms with Crippen LogP contribution in [0.3, 0.4) is 0 Å². The van der Waals surface area contributed by atoms with Crippen LogP contribution in [0.5, 0.6) is 0 Å². The van der Waals surface area contributed by atoms with Crippen molar-refractivity contribution in [2.24, 2.45) is 45.3 Å². The van der Waals surface area contributed by atoms with Crippen molar-refractivity contribution in [1.29, 1.82) is 0 Å². The topological polar surface area (TPSA) is 416 Å². The summed E-state index contributed by atoms with van der Waals surface area (Å²) in [7, 11) is 0. The van der Waals surface area contributed by atoms with Crippen LogP contribution in [0.15, 0.2) is 11.6 Å². The Hall–Kier alpha value is -1.30. The Kier molecular flexibility index (Phi) is 20.6. The van der Waals surface area contributed by atoms with Gasteiger partial charge in [0, 0.05) is 0 Å². The molecule has 5 saturated heterocycles. The largest absolute Gasteiger partial charge is 0.394 e. The van der Waals surface area contributed by atoms with Gasteiger partial charge in [-0.05, 0) is 124 Å². The van der Waals surface area contributed by atoms with Crippen molar-refractivity contribution in [2.75, 3.05) is 33.0 Å². The van der Waals surface area contributed by atoms with Gasteiger partial charge in [0.05, 0.1) is 50.8 Å². The third-order valence-electron chi connectivity index (χ3n) is 22.2. The molecule has 0 aromatic heterocycles. The van der Waals surface area contributed by atoms with Gasteiger partial charge in [-0.15, -0.1) is 0 Å². The Morgan fingerprint density at radius 1 is 0.524 bits per heavy atom. The van der Waals surface area contributed by atoms with E-state index in [4.69, 9.17) is 47.4 Å². The minimum absolute atomic E-state index is 0.00387. The number of rotatable bonds is 17. The first-order chi connectivity index (χ1) is 39.4. The number of hydrogen-bond acceptors (Lipinski definition) is 26. The number of hydrogen-bond donors (Lipinski definition) is 16. The van der Waals surface area contributed by atoms with E-state index in [1.165, 1.54) is 0 Å². The molecule has 16 N–H and O–H groups in total. The van der Waals surface area contributed by atoms with Gasteiger partial charge < -0.3 is 129 Å². The van der Waals surface area contributed by atoms with Crippen molar-refractivity contribution in [3.8, 4) is 0 Å². The molecule has 0 radical (unpaired) electrons. The van der Waals surface area contributed by atoms with Gasteiger partial charge in [0.15, 0.2) is 31.5 Å². The zero-order valence-corrected chi connectivity index (χ0v) is 49.5. The normalized spacial score (nSPS) is 53.0. The average molecular weight is 1210 g/mol. The van der Waals surface area contributed by atoms with Crippen LogP contribution < -0.4 is 0 Å². The van der Waals surface area contributed by atoms with Gasteiger partial charge >= 0.3 is 0 Å². The molecule has 33 atom stereocenters. The molecule has 4 saturated carbocycles. The second-order valence-corrected chi connectivity index (χ2v) is 27.7. The molecule has 5 heterocycles. The monoisotopic (exact) mass is 1210 g/mol. The molecule has 0 aromatic carbocycles. The standard InChI is InChI=1S/C58H98O26/c1-24(2)10-9-14-58(8,84-51-46(74)41(69)40(68)31(80-51)23-77-49-44(72)36(64)27(62)21-75-49)25-11-16-57(7)35(25)26(61)18-33-55(5)15-13-34(54(3,4)32(55)12-17-56(33,57)6)81-52-47(42(70)38(66)29(19-59)78-52)83-53-48(43(71)39(67)30(20-60)79-53)82-50-45(73)37(65)28(63)22-76-50/h10,25-53,59-74H,9,11-23H2,1-8H3. The Morgan fingerprint density at radius 2 is 1.04 bits per heavy atom. The van der Waals surface area contributed by atoms with Crippen LogP contribution in [0.1, 0.15) is 113 Å². The van der Waals surface area contributed by atoms with E-state index in [2.05, 4.69) is 40.7 Å². The Morgan fingerprint density at radius 3 is 1.62 bits per heavy atom. The maximum atomic E-state index is 12.9. The molecule has 5 aliphatic heterocycles. The number of ether oxygens (including phenoxy) is 10. The van der Waals surface area contributed by atoms with Gasteiger partial charge in [0.25, 0.3) is 0 Å². The van der Waals surface area contributed by atoms with E-state index in [9.17, 15) is 81.7 Å². The molecular weight excluding hydrogens is 1110 g/mol. The Labute approximate surface area is 490 Å². The van der Waals surface area contributed by atoms with E-state index in [1.54, 1.807) is 0 Å². The quantitative estimate of drug-likeness (QED) is 0.0507. The van der Waals surface area contributed by atoms with Crippen LogP contribution in [0.4, 0.5) is 0 Å². The summed E-state index contributed by atoms with van der Waals surface area (Å²) in [5.41, 5.74) is -1.75. The smallest absolute Gasteiger partial charge is 0.187 e. The molecule has 26 nitrogen and oxygen atoms in total. The molecule has 0 bridgehead atoms. The maximum absolute atomic E-state index is 12.9. The molecule has 26 heteroatoms. The number of fused-ring (bicyclic) bond motifs is 5. The molecule has 84 heavy (non-hydrogen) atoms. The van der Waals surface area contributed by atoms with Gasteiger partial charge in [-0.25, -0.2) is 0 Å². The molecule has 486 valence electrons. The first-order valence-electron chi connectivity index (χ1n) is 30.2. The third-order valence-corrected chi connectivity index (χ3v) is 22.2. The summed E-state index contributed by atoms with van der Waals surface area (Å²) in [5.74, 6) is -0.576. The van der Waals surface area contributed by atoms with Crippen LogP contribution in [0.2, 0.25) is 0 Å². The van der Waals surface area contributed by atoms with E-state index in [0.29, 0.717) is 38.5 Å². The second-order valence-electron chi connectivity index (χ2n) is 27.7. The summed E-state index contributed by atoms with van der Waals surface area (Å²) >= 11 is 0. The Balaban J connectivity index is 0.934. The van der Waals surface area contributed by atoms with Crippen LogP contribution in [0.25, 0.3) is 0 Å². The molecule has 4 aliphatic carbocycles. The first-order valence-corrected chi connectivity index (χ1v) is 30.2. The lowest BCUT2D eigenvalue weighted by molar-refractivity contribution is -0.395. The summed E-state index contributed by atoms with van der Waals surface area (Å²) in [4.78, 5) is 0. The van der Waals surface area contributed by atoms with E-state index in [0.717, 1.165) is 24.8 Å². The fourth-order valence-corrected chi connectivity index (χ4v) is 17.2. The van der Waals surface area contributed by atoms with E-state index >= 15 is 0 Å². The van der Waals surface area contributed by atoms with Crippen molar-refractivity contribution in [3.05, 3.63) is 11.6 Å². The van der Waals surface area contributed by atoms with Crippen LogP contribution in [-0.4, -0.2) is 274 Å². The highest BCUT2D eigenvalue weighted by molar-refractivity contribution is 5.21. The highest BCUT2D eigenvalue weighted by Gasteiger charge is 2.72. The van der Waals surface area contributed by atoms with Crippen LogP contribution in [-0.2, 0) is 47.4 Å². The lowest BCUT2D eigenvalue weighted by Gasteiger charge is -2.71. The zero-order valence-electron chi connectivity index (χ0n) is 49.5. The first kappa shape index (κ1) is 67.1. The number of aliphatic hydroxyl groups is 16. The molecule has 9 fully saturated rings. The number of aliphatic hydroxyl groups excluding tert-OH is 16. The van der Waals surface area contributed by atoms with Gasteiger partial charge in [-0.3, -0.25) is 0 Å². The second kappa shape index (κ2) is 25.8. The zero-order chi connectivity index (χ0) is 61.5. The summed E-state index contributed by atoms with van der Waals surface area (Å²) in [6.45, 7) is 14.3.